The number of rotatable bonds is 4. The number of nitriles is 1. The Labute approximate surface area is 146 Å². The molecule has 128 valence electrons. The highest BCUT2D eigenvalue weighted by atomic mass is 16.5. The Morgan fingerprint density at radius 3 is 2.40 bits per heavy atom. The molecule has 0 unspecified atom stereocenters. The van der Waals surface area contributed by atoms with Crippen LogP contribution >= 0.6 is 0 Å². The van der Waals surface area contributed by atoms with E-state index in [9.17, 15) is 9.59 Å². The first-order chi connectivity index (χ1) is 11.9. The number of aryl methyl sites for hydroxylation is 1. The molecule has 0 aromatic heterocycles. The van der Waals surface area contributed by atoms with E-state index in [1.54, 1.807) is 13.0 Å². The minimum Gasteiger partial charge on any atom is -0.481 e. The summed E-state index contributed by atoms with van der Waals surface area (Å²) in [6.45, 7) is 5.48. The van der Waals surface area contributed by atoms with Gasteiger partial charge in [0.1, 0.15) is 5.75 Å². The second-order valence-electron chi connectivity index (χ2n) is 5.59. The Bertz CT molecular complexity index is 823. The minimum absolute atomic E-state index is 0.336. The van der Waals surface area contributed by atoms with Gasteiger partial charge >= 0.3 is 0 Å². The SMILES string of the molecule is Cc1cccc(O[C@@H](C)C(=O)NNC(=O)c2ccc(C#N)cc2)c1C. The molecule has 0 radical (unpaired) electrons. The van der Waals surface area contributed by atoms with Crippen LogP contribution in [0.2, 0.25) is 0 Å². The first-order valence-corrected chi connectivity index (χ1v) is 7.75. The van der Waals surface area contributed by atoms with Gasteiger partial charge in [0, 0.05) is 5.56 Å². The summed E-state index contributed by atoms with van der Waals surface area (Å²) in [5.41, 5.74) is 7.48. The summed E-state index contributed by atoms with van der Waals surface area (Å²) in [5.74, 6) is -0.319. The zero-order valence-electron chi connectivity index (χ0n) is 14.3. The number of hydrazine groups is 1. The monoisotopic (exact) mass is 337 g/mol. The predicted octanol–water partition coefficient (Wildman–Crippen LogP) is 2.40. The second-order valence-corrected chi connectivity index (χ2v) is 5.59. The van der Waals surface area contributed by atoms with Crippen LogP contribution in [0.15, 0.2) is 42.5 Å². The fourth-order valence-corrected chi connectivity index (χ4v) is 2.08. The van der Waals surface area contributed by atoms with Crippen LogP contribution in [-0.4, -0.2) is 17.9 Å². The highest BCUT2D eigenvalue weighted by molar-refractivity contribution is 5.95. The molecular weight excluding hydrogens is 318 g/mol. The zero-order chi connectivity index (χ0) is 18.4. The summed E-state index contributed by atoms with van der Waals surface area (Å²) in [7, 11) is 0. The first kappa shape index (κ1) is 18.0. The Morgan fingerprint density at radius 2 is 1.76 bits per heavy atom. The van der Waals surface area contributed by atoms with Crippen molar-refractivity contribution in [3.8, 4) is 11.8 Å². The fourth-order valence-electron chi connectivity index (χ4n) is 2.08. The lowest BCUT2D eigenvalue weighted by molar-refractivity contribution is -0.128. The van der Waals surface area contributed by atoms with E-state index in [-0.39, 0.29) is 0 Å². The highest BCUT2D eigenvalue weighted by Gasteiger charge is 2.17. The normalized spacial score (nSPS) is 11.1. The Hall–Kier alpha value is -3.33. The first-order valence-electron chi connectivity index (χ1n) is 7.75. The molecule has 6 nitrogen and oxygen atoms in total. The van der Waals surface area contributed by atoms with Gasteiger partial charge in [0.15, 0.2) is 6.10 Å². The molecule has 1 atom stereocenters. The molecule has 0 spiro atoms. The van der Waals surface area contributed by atoms with Crippen molar-refractivity contribution in [2.75, 3.05) is 0 Å². The van der Waals surface area contributed by atoms with Crippen LogP contribution in [-0.2, 0) is 4.79 Å². The molecule has 2 rings (SSSR count). The number of hydrogen-bond acceptors (Lipinski definition) is 4. The summed E-state index contributed by atoms with van der Waals surface area (Å²) in [5, 5.41) is 8.74. The van der Waals surface area contributed by atoms with E-state index in [4.69, 9.17) is 10.00 Å². The van der Waals surface area contributed by atoms with Crippen molar-refractivity contribution in [1.29, 1.82) is 5.26 Å². The Kier molecular flexibility index (Phi) is 5.75. The van der Waals surface area contributed by atoms with Gasteiger partial charge in [-0.2, -0.15) is 5.26 Å². The third-order valence-corrected chi connectivity index (χ3v) is 3.80. The van der Waals surface area contributed by atoms with Gasteiger partial charge in [-0.1, -0.05) is 12.1 Å². The van der Waals surface area contributed by atoms with Crippen LogP contribution in [0.3, 0.4) is 0 Å². The molecule has 6 heteroatoms. The average Bonchev–Trinajstić information content (AvgIpc) is 2.63. The van der Waals surface area contributed by atoms with E-state index >= 15 is 0 Å². The van der Waals surface area contributed by atoms with Crippen molar-refractivity contribution < 1.29 is 14.3 Å². The maximum atomic E-state index is 12.1. The van der Waals surface area contributed by atoms with Crippen molar-refractivity contribution in [3.05, 3.63) is 64.7 Å². The van der Waals surface area contributed by atoms with Crippen molar-refractivity contribution in [3.63, 3.8) is 0 Å². The molecule has 0 aliphatic rings. The van der Waals surface area contributed by atoms with Crippen LogP contribution in [0.4, 0.5) is 0 Å². The van der Waals surface area contributed by atoms with E-state index in [1.807, 2.05) is 32.0 Å². The smallest absolute Gasteiger partial charge is 0.279 e. The van der Waals surface area contributed by atoms with Gasteiger partial charge in [-0.3, -0.25) is 20.4 Å². The third kappa shape index (κ3) is 4.58. The number of amides is 2. The van der Waals surface area contributed by atoms with E-state index < -0.39 is 17.9 Å². The molecule has 2 amide bonds. The molecule has 2 aromatic rings. The summed E-state index contributed by atoms with van der Waals surface area (Å²) in [4.78, 5) is 24.1. The second kappa shape index (κ2) is 7.97. The quantitative estimate of drug-likeness (QED) is 0.838. The molecule has 0 fully saturated rings. The Morgan fingerprint density at radius 1 is 1.08 bits per heavy atom. The lowest BCUT2D eigenvalue weighted by Gasteiger charge is -2.17. The molecule has 0 saturated carbocycles. The van der Waals surface area contributed by atoms with Crippen molar-refractivity contribution >= 4 is 11.8 Å². The lowest BCUT2D eigenvalue weighted by atomic mass is 10.1. The summed E-state index contributed by atoms with van der Waals surface area (Å²) >= 11 is 0. The molecule has 0 saturated heterocycles. The van der Waals surface area contributed by atoms with Gasteiger partial charge in [0.25, 0.3) is 11.8 Å². The zero-order valence-corrected chi connectivity index (χ0v) is 14.3. The number of hydrogen-bond donors (Lipinski definition) is 2. The van der Waals surface area contributed by atoms with E-state index in [1.165, 1.54) is 24.3 Å². The standard InChI is InChI=1S/C19H19N3O3/c1-12-5-4-6-17(13(12)2)25-14(3)18(23)21-22-19(24)16-9-7-15(11-20)8-10-16/h4-10,14H,1-3H3,(H,21,23)(H,22,24)/t14-/m0/s1. The largest absolute Gasteiger partial charge is 0.481 e. The van der Waals surface area contributed by atoms with Crippen molar-refractivity contribution in [2.45, 2.75) is 26.9 Å². The molecular formula is C19H19N3O3. The van der Waals surface area contributed by atoms with E-state index in [2.05, 4.69) is 10.9 Å². The number of nitrogens with one attached hydrogen (secondary N) is 2. The maximum absolute atomic E-state index is 12.1. The molecule has 0 aliphatic carbocycles. The lowest BCUT2D eigenvalue weighted by Crippen LogP contribution is -2.47. The van der Waals surface area contributed by atoms with Crippen LogP contribution < -0.4 is 15.6 Å². The average molecular weight is 337 g/mol. The molecule has 0 aliphatic heterocycles. The van der Waals surface area contributed by atoms with Gasteiger partial charge in [0.05, 0.1) is 11.6 Å². The molecule has 2 aromatic carbocycles. The number of ether oxygens (including phenoxy) is 1. The van der Waals surface area contributed by atoms with Crippen LogP contribution in [0.1, 0.15) is 34.0 Å². The molecule has 0 heterocycles. The van der Waals surface area contributed by atoms with Gasteiger partial charge in [-0.15, -0.1) is 0 Å². The topological polar surface area (TPSA) is 91.2 Å². The number of nitrogens with zero attached hydrogens (tertiary/aromatic N) is 1. The fraction of sp³-hybridized carbons (Fsp3) is 0.211. The molecule has 25 heavy (non-hydrogen) atoms. The van der Waals surface area contributed by atoms with Crippen LogP contribution in [0, 0.1) is 25.2 Å². The Balaban J connectivity index is 1.91. The highest BCUT2D eigenvalue weighted by Crippen LogP contribution is 2.21. The van der Waals surface area contributed by atoms with Gasteiger partial charge in [-0.25, -0.2) is 0 Å². The third-order valence-electron chi connectivity index (χ3n) is 3.80. The van der Waals surface area contributed by atoms with Crippen molar-refractivity contribution in [2.24, 2.45) is 0 Å². The van der Waals surface area contributed by atoms with Crippen molar-refractivity contribution in [1.82, 2.24) is 10.9 Å². The minimum atomic E-state index is -0.776. The van der Waals surface area contributed by atoms with Crippen LogP contribution in [0.5, 0.6) is 5.75 Å². The number of carbonyl (C=O) groups is 2. The summed E-state index contributed by atoms with van der Waals surface area (Å²) in [6.07, 6.45) is -0.776. The summed E-state index contributed by atoms with van der Waals surface area (Å²) < 4.78 is 5.66. The number of carbonyl (C=O) groups excluding carboxylic acids is 2. The number of benzene rings is 2. The van der Waals surface area contributed by atoms with E-state index in [0.717, 1.165) is 11.1 Å². The van der Waals surface area contributed by atoms with Gasteiger partial charge in [-0.05, 0) is 62.2 Å². The molecule has 0 bridgehead atoms. The maximum Gasteiger partial charge on any atom is 0.279 e. The van der Waals surface area contributed by atoms with Crippen LogP contribution in [0.25, 0.3) is 0 Å². The van der Waals surface area contributed by atoms with E-state index in [0.29, 0.717) is 16.9 Å². The van der Waals surface area contributed by atoms with Gasteiger partial charge < -0.3 is 4.74 Å². The molecule has 2 N–H and O–H groups in total. The van der Waals surface area contributed by atoms with Gasteiger partial charge in [0.2, 0.25) is 0 Å². The summed E-state index contributed by atoms with van der Waals surface area (Å²) in [6, 6.07) is 13.7. The predicted molar refractivity (Wildman–Crippen MR) is 92.8 cm³/mol.